The molecule has 2 aliphatic rings. The standard InChI is InChI=1S/C18H26FN3O2/c1-18(24-3,15-6-4-5-7-16(15)19)17(23)22-12-14(13-22)21-10-8-20(2)9-11-21/h4-7,14H,8-13H2,1-3H3/t18-/m1/s1. The molecule has 2 heterocycles. The fourth-order valence-electron chi connectivity index (χ4n) is 3.50. The van der Waals surface area contributed by atoms with E-state index in [1.54, 1.807) is 30.0 Å². The molecule has 1 atom stereocenters. The molecule has 2 saturated heterocycles. The van der Waals surface area contributed by atoms with Crippen LogP contribution in [0, 0.1) is 5.82 Å². The summed E-state index contributed by atoms with van der Waals surface area (Å²) in [5, 5.41) is 0. The SMILES string of the molecule is CO[C@@](C)(C(=O)N1CC(N2CCN(C)CC2)C1)c1ccccc1F. The molecule has 0 saturated carbocycles. The molecule has 1 amide bonds. The summed E-state index contributed by atoms with van der Waals surface area (Å²) in [6.07, 6.45) is 0. The average Bonchev–Trinajstić information content (AvgIpc) is 2.55. The van der Waals surface area contributed by atoms with Gasteiger partial charge in [0.05, 0.1) is 0 Å². The number of amides is 1. The van der Waals surface area contributed by atoms with Gasteiger partial charge in [-0.25, -0.2) is 4.39 Å². The van der Waals surface area contributed by atoms with Gasteiger partial charge in [-0.15, -0.1) is 0 Å². The van der Waals surface area contributed by atoms with E-state index in [-0.39, 0.29) is 5.91 Å². The Kier molecular flexibility index (Phi) is 4.90. The summed E-state index contributed by atoms with van der Waals surface area (Å²) in [6, 6.07) is 6.74. The van der Waals surface area contributed by atoms with Crippen molar-refractivity contribution in [3.8, 4) is 0 Å². The molecule has 1 aromatic carbocycles. The number of rotatable bonds is 4. The maximum Gasteiger partial charge on any atom is 0.259 e. The van der Waals surface area contributed by atoms with Crippen molar-refractivity contribution in [2.24, 2.45) is 0 Å². The van der Waals surface area contributed by atoms with Crippen molar-refractivity contribution in [3.05, 3.63) is 35.6 Å². The second kappa shape index (κ2) is 6.78. The highest BCUT2D eigenvalue weighted by Crippen LogP contribution is 2.31. The molecule has 0 aromatic heterocycles. The normalized spacial score (nSPS) is 22.9. The van der Waals surface area contributed by atoms with E-state index < -0.39 is 11.4 Å². The molecular formula is C18H26FN3O2. The molecule has 0 N–H and O–H groups in total. The Hall–Kier alpha value is -1.50. The smallest absolute Gasteiger partial charge is 0.259 e. The number of ether oxygens (including phenoxy) is 1. The van der Waals surface area contributed by atoms with Crippen LogP contribution in [0.4, 0.5) is 4.39 Å². The molecule has 132 valence electrons. The van der Waals surface area contributed by atoms with E-state index in [2.05, 4.69) is 16.8 Å². The van der Waals surface area contributed by atoms with Gasteiger partial charge in [0.1, 0.15) is 5.82 Å². The number of carbonyl (C=O) groups excluding carboxylic acids is 1. The molecule has 6 heteroatoms. The van der Waals surface area contributed by atoms with Gasteiger partial charge in [0.2, 0.25) is 0 Å². The summed E-state index contributed by atoms with van der Waals surface area (Å²) in [5.41, 5.74) is -0.987. The number of likely N-dealkylation sites (tertiary alicyclic amines) is 1. The summed E-state index contributed by atoms with van der Waals surface area (Å²) in [4.78, 5) is 19.5. The highest BCUT2D eigenvalue weighted by molar-refractivity contribution is 5.87. The van der Waals surface area contributed by atoms with Gasteiger partial charge in [0.25, 0.3) is 5.91 Å². The second-order valence-electron chi connectivity index (χ2n) is 6.92. The minimum Gasteiger partial charge on any atom is -0.364 e. The third-order valence-corrected chi connectivity index (χ3v) is 5.41. The summed E-state index contributed by atoms with van der Waals surface area (Å²) in [6.45, 7) is 7.24. The zero-order chi connectivity index (χ0) is 17.3. The Morgan fingerprint density at radius 1 is 1.21 bits per heavy atom. The van der Waals surface area contributed by atoms with Crippen LogP contribution in [0.25, 0.3) is 0 Å². The number of piperazine rings is 1. The van der Waals surface area contributed by atoms with Gasteiger partial charge in [-0.3, -0.25) is 9.69 Å². The molecule has 2 aliphatic heterocycles. The van der Waals surface area contributed by atoms with Crippen LogP contribution in [0.5, 0.6) is 0 Å². The number of nitrogens with zero attached hydrogens (tertiary/aromatic N) is 3. The van der Waals surface area contributed by atoms with E-state index >= 15 is 0 Å². The molecule has 0 spiro atoms. The fraction of sp³-hybridized carbons (Fsp3) is 0.611. The van der Waals surface area contributed by atoms with E-state index in [1.807, 2.05) is 0 Å². The van der Waals surface area contributed by atoms with Gasteiger partial charge < -0.3 is 14.5 Å². The van der Waals surface area contributed by atoms with E-state index in [0.717, 1.165) is 26.2 Å². The molecule has 0 bridgehead atoms. The molecule has 0 radical (unpaired) electrons. The maximum absolute atomic E-state index is 14.2. The summed E-state index contributed by atoms with van der Waals surface area (Å²) in [7, 11) is 3.59. The topological polar surface area (TPSA) is 36.0 Å². The second-order valence-corrected chi connectivity index (χ2v) is 6.92. The number of methoxy groups -OCH3 is 1. The van der Waals surface area contributed by atoms with Crippen molar-refractivity contribution in [1.82, 2.24) is 14.7 Å². The van der Waals surface area contributed by atoms with Crippen molar-refractivity contribution in [3.63, 3.8) is 0 Å². The fourth-order valence-corrected chi connectivity index (χ4v) is 3.50. The van der Waals surface area contributed by atoms with Crippen LogP contribution in [-0.2, 0) is 15.1 Å². The van der Waals surface area contributed by atoms with Gasteiger partial charge in [0, 0.05) is 58.0 Å². The van der Waals surface area contributed by atoms with E-state index in [9.17, 15) is 9.18 Å². The number of halogens is 1. The van der Waals surface area contributed by atoms with Crippen LogP contribution in [0.3, 0.4) is 0 Å². The van der Waals surface area contributed by atoms with Crippen LogP contribution in [-0.4, -0.2) is 80.1 Å². The Bertz CT molecular complexity index is 598. The van der Waals surface area contributed by atoms with Gasteiger partial charge in [-0.1, -0.05) is 18.2 Å². The van der Waals surface area contributed by atoms with Crippen LogP contribution >= 0.6 is 0 Å². The highest BCUT2D eigenvalue weighted by Gasteiger charge is 2.45. The van der Waals surface area contributed by atoms with E-state index in [4.69, 9.17) is 4.74 Å². The van der Waals surface area contributed by atoms with Crippen LogP contribution in [0.2, 0.25) is 0 Å². The summed E-state index contributed by atoms with van der Waals surface area (Å²) in [5.74, 6) is -0.577. The Labute approximate surface area is 143 Å². The van der Waals surface area contributed by atoms with Crippen molar-refractivity contribution in [2.75, 3.05) is 53.4 Å². The Morgan fingerprint density at radius 3 is 2.42 bits per heavy atom. The predicted molar refractivity (Wildman–Crippen MR) is 90.2 cm³/mol. The van der Waals surface area contributed by atoms with E-state index in [0.29, 0.717) is 24.7 Å². The first kappa shape index (κ1) is 17.3. The van der Waals surface area contributed by atoms with Crippen molar-refractivity contribution in [1.29, 1.82) is 0 Å². The first-order valence-electron chi connectivity index (χ1n) is 8.48. The lowest BCUT2D eigenvalue weighted by Gasteiger charge is -2.49. The molecule has 3 rings (SSSR count). The van der Waals surface area contributed by atoms with Gasteiger partial charge >= 0.3 is 0 Å². The molecule has 0 unspecified atom stereocenters. The number of carbonyl (C=O) groups is 1. The van der Waals surface area contributed by atoms with Crippen LogP contribution in [0.1, 0.15) is 12.5 Å². The predicted octanol–water partition coefficient (Wildman–Crippen LogP) is 1.15. The van der Waals surface area contributed by atoms with Crippen molar-refractivity contribution >= 4 is 5.91 Å². The zero-order valence-corrected chi connectivity index (χ0v) is 14.7. The first-order chi connectivity index (χ1) is 11.5. The monoisotopic (exact) mass is 335 g/mol. The van der Waals surface area contributed by atoms with Crippen molar-refractivity contribution < 1.29 is 13.9 Å². The van der Waals surface area contributed by atoms with E-state index in [1.165, 1.54) is 13.2 Å². The third-order valence-electron chi connectivity index (χ3n) is 5.41. The third kappa shape index (κ3) is 3.06. The molecule has 5 nitrogen and oxygen atoms in total. The van der Waals surface area contributed by atoms with Gasteiger partial charge in [-0.2, -0.15) is 0 Å². The minimum absolute atomic E-state index is 0.166. The van der Waals surface area contributed by atoms with Crippen LogP contribution < -0.4 is 0 Å². The summed E-state index contributed by atoms with van der Waals surface area (Å²) >= 11 is 0. The quantitative estimate of drug-likeness (QED) is 0.827. The molecule has 24 heavy (non-hydrogen) atoms. The molecular weight excluding hydrogens is 309 g/mol. The lowest BCUT2D eigenvalue weighted by atomic mass is 9.91. The minimum atomic E-state index is -1.28. The average molecular weight is 335 g/mol. The molecule has 2 fully saturated rings. The Balaban J connectivity index is 1.65. The largest absolute Gasteiger partial charge is 0.364 e. The lowest BCUT2D eigenvalue weighted by Crippen LogP contribution is -2.66. The Morgan fingerprint density at radius 2 is 1.83 bits per heavy atom. The number of benzene rings is 1. The number of likely N-dealkylation sites (N-methyl/N-ethyl adjacent to an activating group) is 1. The van der Waals surface area contributed by atoms with Gasteiger partial charge in [-0.05, 0) is 20.0 Å². The van der Waals surface area contributed by atoms with Crippen molar-refractivity contribution in [2.45, 2.75) is 18.6 Å². The molecule has 0 aliphatic carbocycles. The summed E-state index contributed by atoms with van der Waals surface area (Å²) < 4.78 is 19.6. The highest BCUT2D eigenvalue weighted by atomic mass is 19.1. The lowest BCUT2D eigenvalue weighted by molar-refractivity contribution is -0.162. The number of hydrogen-bond donors (Lipinski definition) is 0. The first-order valence-corrected chi connectivity index (χ1v) is 8.48. The van der Waals surface area contributed by atoms with Crippen LogP contribution in [0.15, 0.2) is 24.3 Å². The maximum atomic E-state index is 14.2. The number of hydrogen-bond acceptors (Lipinski definition) is 4. The molecule has 1 aromatic rings. The zero-order valence-electron chi connectivity index (χ0n) is 14.7. The van der Waals surface area contributed by atoms with Gasteiger partial charge in [0.15, 0.2) is 5.60 Å².